The monoisotopic (exact) mass is 185 g/mol. The fourth-order valence-electron chi connectivity index (χ4n) is 1.23. The Morgan fingerprint density at radius 3 is 2.15 bits per heavy atom. The van der Waals surface area contributed by atoms with Crippen LogP contribution in [0.1, 0.15) is 45.5 Å². The summed E-state index contributed by atoms with van der Waals surface area (Å²) in [5, 5.41) is 4.01. The van der Waals surface area contributed by atoms with Gasteiger partial charge in [-0.2, -0.15) is 5.10 Å². The molecule has 4 heteroatoms. The number of alkyl halides is 1. The van der Waals surface area contributed by atoms with Gasteiger partial charge in [0.25, 0.3) is 0 Å². The summed E-state index contributed by atoms with van der Waals surface area (Å²) in [7, 11) is 1.79. The Balaban J connectivity index is 3.11. The Bertz CT molecular complexity index is 296. The lowest BCUT2D eigenvalue weighted by Crippen LogP contribution is -2.17. The first-order chi connectivity index (χ1) is 5.82. The number of aromatic nitrogens is 3. The van der Waals surface area contributed by atoms with Gasteiger partial charge in [-0.3, -0.25) is 4.68 Å². The molecular weight excluding hydrogens is 169 g/mol. The molecule has 1 rings (SSSR count). The summed E-state index contributed by atoms with van der Waals surface area (Å²) in [5.74, 6) is 1.08. The van der Waals surface area contributed by atoms with E-state index in [0.717, 1.165) is 5.82 Å². The Morgan fingerprint density at radius 2 is 1.92 bits per heavy atom. The average Bonchev–Trinajstić information content (AvgIpc) is 2.29. The van der Waals surface area contributed by atoms with Gasteiger partial charge >= 0.3 is 0 Å². The number of halogens is 1. The zero-order valence-electron chi connectivity index (χ0n) is 8.80. The number of hydrogen-bond acceptors (Lipinski definition) is 2. The van der Waals surface area contributed by atoms with E-state index in [0.29, 0.717) is 0 Å². The summed E-state index contributed by atoms with van der Waals surface area (Å²) in [6.45, 7) is 7.54. The van der Waals surface area contributed by atoms with Crippen LogP contribution < -0.4 is 0 Å². The van der Waals surface area contributed by atoms with Crippen LogP contribution in [0, 0.1) is 0 Å². The molecule has 0 aliphatic carbocycles. The van der Waals surface area contributed by atoms with Crippen LogP contribution in [0.3, 0.4) is 0 Å². The highest BCUT2D eigenvalue weighted by Gasteiger charge is 2.22. The molecule has 0 fully saturated rings. The SMILES string of the molecule is CC(F)c1nc(C(C)(C)C)n(C)n1. The first-order valence-electron chi connectivity index (χ1n) is 4.38. The minimum absolute atomic E-state index is 0.0884. The minimum Gasteiger partial charge on any atom is -0.252 e. The van der Waals surface area contributed by atoms with Gasteiger partial charge in [-0.25, -0.2) is 9.37 Å². The lowest BCUT2D eigenvalue weighted by Gasteiger charge is -2.15. The van der Waals surface area contributed by atoms with Gasteiger partial charge in [0, 0.05) is 12.5 Å². The van der Waals surface area contributed by atoms with Crippen molar-refractivity contribution in [1.29, 1.82) is 0 Å². The first kappa shape index (κ1) is 10.2. The molecule has 0 N–H and O–H groups in total. The van der Waals surface area contributed by atoms with Crippen LogP contribution in [-0.4, -0.2) is 14.8 Å². The van der Waals surface area contributed by atoms with E-state index in [-0.39, 0.29) is 11.2 Å². The summed E-state index contributed by atoms with van der Waals surface area (Å²) in [6, 6.07) is 0. The van der Waals surface area contributed by atoms with E-state index >= 15 is 0 Å². The Hall–Kier alpha value is -0.930. The molecule has 1 atom stereocenters. The van der Waals surface area contributed by atoms with Crippen molar-refractivity contribution < 1.29 is 4.39 Å². The third-order valence-electron chi connectivity index (χ3n) is 1.81. The molecule has 1 aromatic rings. The Labute approximate surface area is 78.0 Å². The predicted molar refractivity (Wildman–Crippen MR) is 49.2 cm³/mol. The third kappa shape index (κ3) is 2.05. The summed E-state index contributed by atoms with van der Waals surface area (Å²) < 4.78 is 14.5. The van der Waals surface area contributed by atoms with Crippen molar-refractivity contribution in [2.45, 2.75) is 39.3 Å². The van der Waals surface area contributed by atoms with E-state index in [9.17, 15) is 4.39 Å². The normalized spacial score (nSPS) is 14.6. The van der Waals surface area contributed by atoms with E-state index in [1.807, 2.05) is 20.8 Å². The topological polar surface area (TPSA) is 30.7 Å². The van der Waals surface area contributed by atoms with Gasteiger partial charge in [-0.1, -0.05) is 20.8 Å². The maximum Gasteiger partial charge on any atom is 0.184 e. The molecule has 1 unspecified atom stereocenters. The van der Waals surface area contributed by atoms with E-state index < -0.39 is 6.17 Å². The van der Waals surface area contributed by atoms with Crippen LogP contribution in [0.25, 0.3) is 0 Å². The molecule has 0 aliphatic heterocycles. The molecular formula is C9H16FN3. The Kier molecular flexibility index (Phi) is 2.41. The van der Waals surface area contributed by atoms with Crippen LogP contribution >= 0.6 is 0 Å². The molecule has 0 radical (unpaired) electrons. The van der Waals surface area contributed by atoms with Crippen molar-refractivity contribution in [3.05, 3.63) is 11.6 Å². The largest absolute Gasteiger partial charge is 0.252 e. The predicted octanol–water partition coefficient (Wildman–Crippen LogP) is 2.14. The molecule has 0 bridgehead atoms. The smallest absolute Gasteiger partial charge is 0.184 e. The zero-order chi connectivity index (χ0) is 10.2. The van der Waals surface area contributed by atoms with Crippen LogP contribution in [0.5, 0.6) is 0 Å². The van der Waals surface area contributed by atoms with E-state index in [1.54, 1.807) is 11.7 Å². The molecule has 3 nitrogen and oxygen atoms in total. The maximum absolute atomic E-state index is 12.9. The van der Waals surface area contributed by atoms with E-state index in [1.165, 1.54) is 6.92 Å². The fourth-order valence-corrected chi connectivity index (χ4v) is 1.23. The second kappa shape index (κ2) is 3.09. The first-order valence-corrected chi connectivity index (χ1v) is 4.38. The van der Waals surface area contributed by atoms with Gasteiger partial charge in [0.05, 0.1) is 0 Å². The highest BCUT2D eigenvalue weighted by atomic mass is 19.1. The van der Waals surface area contributed by atoms with Gasteiger partial charge in [0.2, 0.25) is 0 Å². The molecule has 74 valence electrons. The van der Waals surface area contributed by atoms with Crippen molar-refractivity contribution in [3.8, 4) is 0 Å². The van der Waals surface area contributed by atoms with Gasteiger partial charge in [0.1, 0.15) is 5.82 Å². The molecule has 0 amide bonds. The van der Waals surface area contributed by atoms with E-state index in [4.69, 9.17) is 0 Å². The van der Waals surface area contributed by atoms with Crippen LogP contribution in [-0.2, 0) is 12.5 Å². The highest BCUT2D eigenvalue weighted by molar-refractivity contribution is 5.05. The van der Waals surface area contributed by atoms with Crippen molar-refractivity contribution in [3.63, 3.8) is 0 Å². The molecule has 1 heterocycles. The van der Waals surface area contributed by atoms with Gasteiger partial charge in [-0.15, -0.1) is 0 Å². The molecule has 0 saturated heterocycles. The van der Waals surface area contributed by atoms with Crippen molar-refractivity contribution in [2.75, 3.05) is 0 Å². The molecule has 0 aromatic carbocycles. The van der Waals surface area contributed by atoms with Crippen molar-refractivity contribution in [2.24, 2.45) is 7.05 Å². The number of aryl methyl sites for hydroxylation is 1. The average molecular weight is 185 g/mol. The second-order valence-electron chi connectivity index (χ2n) is 4.28. The molecule has 0 spiro atoms. The summed E-state index contributed by atoms with van der Waals surface area (Å²) >= 11 is 0. The lowest BCUT2D eigenvalue weighted by atomic mass is 9.96. The lowest BCUT2D eigenvalue weighted by molar-refractivity contribution is 0.355. The van der Waals surface area contributed by atoms with Gasteiger partial charge in [0.15, 0.2) is 12.0 Å². The number of nitrogens with zero attached hydrogens (tertiary/aromatic N) is 3. The second-order valence-corrected chi connectivity index (χ2v) is 4.28. The van der Waals surface area contributed by atoms with Crippen LogP contribution in [0.4, 0.5) is 4.39 Å². The minimum atomic E-state index is -1.10. The van der Waals surface area contributed by atoms with Crippen molar-refractivity contribution >= 4 is 0 Å². The van der Waals surface area contributed by atoms with E-state index in [2.05, 4.69) is 10.1 Å². The van der Waals surface area contributed by atoms with Crippen LogP contribution in [0.2, 0.25) is 0 Å². The van der Waals surface area contributed by atoms with Crippen molar-refractivity contribution in [1.82, 2.24) is 14.8 Å². The van der Waals surface area contributed by atoms with Gasteiger partial charge < -0.3 is 0 Å². The molecule has 0 aliphatic rings. The Morgan fingerprint density at radius 1 is 1.38 bits per heavy atom. The number of rotatable bonds is 1. The zero-order valence-corrected chi connectivity index (χ0v) is 8.80. The molecule has 13 heavy (non-hydrogen) atoms. The summed E-state index contributed by atoms with van der Waals surface area (Å²) in [4.78, 5) is 4.16. The van der Waals surface area contributed by atoms with Gasteiger partial charge in [-0.05, 0) is 6.92 Å². The summed E-state index contributed by atoms with van der Waals surface area (Å²) in [6.07, 6.45) is -1.10. The number of hydrogen-bond donors (Lipinski definition) is 0. The van der Waals surface area contributed by atoms with Crippen LogP contribution in [0.15, 0.2) is 0 Å². The third-order valence-corrected chi connectivity index (χ3v) is 1.81. The highest BCUT2D eigenvalue weighted by Crippen LogP contribution is 2.21. The molecule has 0 saturated carbocycles. The maximum atomic E-state index is 12.9. The summed E-state index contributed by atoms with van der Waals surface area (Å²) in [5.41, 5.74) is -0.0884. The standard InChI is InChI=1S/C9H16FN3/c1-6(10)7-11-8(9(2,3)4)13(5)12-7/h6H,1-5H3. The fraction of sp³-hybridized carbons (Fsp3) is 0.778. The quantitative estimate of drug-likeness (QED) is 0.671. The molecule has 1 aromatic heterocycles.